The molecule has 0 bridgehead atoms. The summed E-state index contributed by atoms with van der Waals surface area (Å²) in [5.41, 5.74) is 5.91. The minimum absolute atomic E-state index is 0.0350. The van der Waals surface area contributed by atoms with E-state index in [0.29, 0.717) is 17.0 Å². The molecule has 2 amide bonds. The maximum atomic E-state index is 13.9. The number of rotatable bonds is 4. The Hall–Kier alpha value is -3.31. The first kappa shape index (κ1) is 21.9. The average Bonchev–Trinajstić information content (AvgIpc) is 3.23. The first-order valence-electron chi connectivity index (χ1n) is 9.89. The number of nitrogens with zero attached hydrogens (tertiary/aromatic N) is 1. The number of aromatic amines is 1. The van der Waals surface area contributed by atoms with Crippen molar-refractivity contribution in [3.8, 4) is 0 Å². The number of H-pyrrole nitrogens is 1. The number of carbonyl (C=O) groups is 2. The normalized spacial score (nSPS) is 15.6. The van der Waals surface area contributed by atoms with E-state index < -0.39 is 44.3 Å². The van der Waals surface area contributed by atoms with E-state index in [4.69, 9.17) is 0 Å². The highest BCUT2D eigenvalue weighted by Crippen LogP contribution is 2.26. The van der Waals surface area contributed by atoms with Crippen LogP contribution in [0, 0.1) is 17.6 Å². The minimum Gasteiger partial charge on any atom is -0.360 e. The van der Waals surface area contributed by atoms with Crippen LogP contribution in [0.2, 0.25) is 0 Å². The van der Waals surface area contributed by atoms with Gasteiger partial charge in [0.25, 0.3) is 5.91 Å². The van der Waals surface area contributed by atoms with Gasteiger partial charge in [-0.3, -0.25) is 20.4 Å². The molecule has 3 aromatic rings. The maximum Gasteiger partial charge on any atom is 0.271 e. The van der Waals surface area contributed by atoms with Crippen molar-refractivity contribution >= 4 is 32.7 Å². The van der Waals surface area contributed by atoms with E-state index in [2.05, 4.69) is 15.8 Å². The van der Waals surface area contributed by atoms with Gasteiger partial charge in [0.15, 0.2) is 0 Å². The Kier molecular flexibility index (Phi) is 5.94. The number of fused-ring (bicyclic) bond motifs is 1. The van der Waals surface area contributed by atoms with Gasteiger partial charge in [0.05, 0.1) is 5.56 Å². The molecule has 1 aliphatic heterocycles. The van der Waals surface area contributed by atoms with Crippen LogP contribution in [0.15, 0.2) is 53.6 Å². The average molecular weight is 462 g/mol. The van der Waals surface area contributed by atoms with Crippen LogP contribution < -0.4 is 10.9 Å². The predicted octanol–water partition coefficient (Wildman–Crippen LogP) is 2.31. The Bertz CT molecular complexity index is 1280. The summed E-state index contributed by atoms with van der Waals surface area (Å²) < 4.78 is 53.7. The second kappa shape index (κ2) is 8.67. The third-order valence-corrected chi connectivity index (χ3v) is 7.38. The summed E-state index contributed by atoms with van der Waals surface area (Å²) >= 11 is 0. The van der Waals surface area contributed by atoms with Gasteiger partial charge in [-0.15, -0.1) is 0 Å². The summed E-state index contributed by atoms with van der Waals surface area (Å²) in [5, 5.41) is 0.711. The van der Waals surface area contributed by atoms with E-state index in [1.165, 1.54) is 0 Å². The van der Waals surface area contributed by atoms with Crippen LogP contribution in [0.1, 0.15) is 23.2 Å². The van der Waals surface area contributed by atoms with E-state index >= 15 is 0 Å². The molecular formula is C21H20F2N4O4S. The molecule has 1 aromatic heterocycles. The summed E-state index contributed by atoms with van der Waals surface area (Å²) in [4.78, 5) is 27.1. The molecule has 2 heterocycles. The fraction of sp³-hybridized carbons (Fsp3) is 0.238. The summed E-state index contributed by atoms with van der Waals surface area (Å²) in [6.07, 6.45) is 1.89. The van der Waals surface area contributed by atoms with E-state index in [1.54, 1.807) is 18.3 Å². The van der Waals surface area contributed by atoms with Gasteiger partial charge >= 0.3 is 0 Å². The van der Waals surface area contributed by atoms with Gasteiger partial charge in [-0.25, -0.2) is 17.2 Å². The molecule has 32 heavy (non-hydrogen) atoms. The first-order chi connectivity index (χ1) is 15.3. The molecular weight excluding hydrogens is 442 g/mol. The van der Waals surface area contributed by atoms with Crippen LogP contribution in [0.5, 0.6) is 0 Å². The highest BCUT2D eigenvalue weighted by atomic mass is 32.2. The van der Waals surface area contributed by atoms with Crippen LogP contribution in [-0.4, -0.2) is 42.6 Å². The lowest BCUT2D eigenvalue weighted by Gasteiger charge is -2.30. The van der Waals surface area contributed by atoms with Crippen LogP contribution in [0.3, 0.4) is 0 Å². The molecule has 11 heteroatoms. The second-order valence-electron chi connectivity index (χ2n) is 7.44. The molecule has 168 valence electrons. The lowest BCUT2D eigenvalue weighted by atomic mass is 9.98. The van der Waals surface area contributed by atoms with Crippen molar-refractivity contribution in [3.63, 3.8) is 0 Å². The molecule has 4 rings (SSSR count). The van der Waals surface area contributed by atoms with E-state index in [-0.39, 0.29) is 25.9 Å². The Morgan fingerprint density at radius 3 is 2.50 bits per heavy atom. The SMILES string of the molecule is O=C(NNC(=O)C1CCN(S(=O)(=O)c2cc(F)ccc2F)CC1)c1c[nH]c2ccccc12. The number of hydrazine groups is 1. The predicted molar refractivity (Wildman–Crippen MR) is 112 cm³/mol. The molecule has 0 spiro atoms. The third kappa shape index (κ3) is 4.21. The van der Waals surface area contributed by atoms with Gasteiger partial charge < -0.3 is 4.98 Å². The fourth-order valence-electron chi connectivity index (χ4n) is 3.72. The zero-order valence-electron chi connectivity index (χ0n) is 16.8. The van der Waals surface area contributed by atoms with E-state index in [1.807, 2.05) is 12.1 Å². The standard InChI is InChI=1S/C21H20F2N4O4S/c22-14-5-6-17(23)19(11-14)32(30,31)27-9-7-13(8-10-27)20(28)25-26-21(29)16-12-24-18-4-2-1-3-15(16)18/h1-6,11-13,24H,7-10H2,(H,25,28)(H,26,29). The van der Waals surface area contributed by atoms with Gasteiger partial charge in [0.2, 0.25) is 15.9 Å². The molecule has 1 aliphatic rings. The fourth-order valence-corrected chi connectivity index (χ4v) is 5.27. The number of aromatic nitrogens is 1. The first-order valence-corrected chi connectivity index (χ1v) is 11.3. The van der Waals surface area contributed by atoms with Crippen molar-refractivity contribution in [2.75, 3.05) is 13.1 Å². The number of para-hydroxylation sites is 1. The molecule has 0 atom stereocenters. The third-order valence-electron chi connectivity index (χ3n) is 5.47. The number of benzene rings is 2. The zero-order chi connectivity index (χ0) is 22.9. The summed E-state index contributed by atoms with van der Waals surface area (Å²) in [6.45, 7) is -0.0699. The largest absolute Gasteiger partial charge is 0.360 e. The number of carbonyl (C=O) groups excluding carboxylic acids is 2. The van der Waals surface area contributed by atoms with Crippen LogP contribution in [0.4, 0.5) is 8.78 Å². The lowest BCUT2D eigenvalue weighted by molar-refractivity contribution is -0.126. The lowest BCUT2D eigenvalue weighted by Crippen LogP contribution is -2.48. The molecule has 0 saturated carbocycles. The van der Waals surface area contributed by atoms with Crippen LogP contribution in [0.25, 0.3) is 10.9 Å². The van der Waals surface area contributed by atoms with Crippen molar-refractivity contribution < 1.29 is 26.8 Å². The number of nitrogens with one attached hydrogen (secondary N) is 3. The van der Waals surface area contributed by atoms with Gasteiger partial charge in [0, 0.05) is 36.1 Å². The quantitative estimate of drug-likeness (QED) is 0.517. The van der Waals surface area contributed by atoms with Crippen molar-refractivity contribution in [1.29, 1.82) is 0 Å². The highest BCUT2D eigenvalue weighted by Gasteiger charge is 2.34. The summed E-state index contributed by atoms with van der Waals surface area (Å²) in [7, 11) is -4.23. The molecule has 1 saturated heterocycles. The Balaban J connectivity index is 1.34. The van der Waals surface area contributed by atoms with Crippen molar-refractivity contribution in [1.82, 2.24) is 20.1 Å². The van der Waals surface area contributed by atoms with Crippen LogP contribution >= 0.6 is 0 Å². The molecule has 8 nitrogen and oxygen atoms in total. The molecule has 3 N–H and O–H groups in total. The molecule has 1 fully saturated rings. The summed E-state index contributed by atoms with van der Waals surface area (Å²) in [5.74, 6) is -3.37. The highest BCUT2D eigenvalue weighted by molar-refractivity contribution is 7.89. The van der Waals surface area contributed by atoms with E-state index in [0.717, 1.165) is 22.0 Å². The second-order valence-corrected chi connectivity index (χ2v) is 9.35. The van der Waals surface area contributed by atoms with Gasteiger partial charge in [-0.05, 0) is 37.1 Å². The number of piperidine rings is 1. The van der Waals surface area contributed by atoms with Crippen molar-refractivity contribution in [3.05, 3.63) is 65.9 Å². The summed E-state index contributed by atoms with van der Waals surface area (Å²) in [6, 6.07) is 9.47. The molecule has 2 aromatic carbocycles. The smallest absolute Gasteiger partial charge is 0.271 e. The van der Waals surface area contributed by atoms with E-state index in [9.17, 15) is 26.8 Å². The van der Waals surface area contributed by atoms with Gasteiger partial charge in [-0.2, -0.15) is 4.31 Å². The number of amides is 2. The van der Waals surface area contributed by atoms with Crippen LogP contribution in [-0.2, 0) is 14.8 Å². The zero-order valence-corrected chi connectivity index (χ0v) is 17.6. The van der Waals surface area contributed by atoms with Crippen molar-refractivity contribution in [2.24, 2.45) is 5.92 Å². The minimum atomic E-state index is -4.23. The number of hydrogen-bond acceptors (Lipinski definition) is 4. The monoisotopic (exact) mass is 462 g/mol. The Morgan fingerprint density at radius 1 is 1.03 bits per heavy atom. The Labute approximate surface area is 182 Å². The Morgan fingerprint density at radius 2 is 1.75 bits per heavy atom. The number of sulfonamides is 1. The molecule has 0 radical (unpaired) electrons. The van der Waals surface area contributed by atoms with Gasteiger partial charge in [0.1, 0.15) is 16.5 Å². The topological polar surface area (TPSA) is 111 Å². The number of hydrogen-bond donors (Lipinski definition) is 3. The molecule has 0 unspecified atom stereocenters. The van der Waals surface area contributed by atoms with Gasteiger partial charge in [-0.1, -0.05) is 18.2 Å². The number of halogens is 2. The van der Waals surface area contributed by atoms with Crippen molar-refractivity contribution in [2.45, 2.75) is 17.7 Å². The molecule has 0 aliphatic carbocycles. The maximum absolute atomic E-state index is 13.9.